The number of ether oxygens (including phenoxy) is 1. The topological polar surface area (TPSA) is 70.7 Å². The first-order valence-electron chi connectivity index (χ1n) is 10.7. The number of imidazole rings is 1. The van der Waals surface area contributed by atoms with Crippen LogP contribution in [0.2, 0.25) is 5.02 Å². The first kappa shape index (κ1) is 21.3. The Kier molecular flexibility index (Phi) is 5.68. The average molecular weight is 465 g/mol. The van der Waals surface area contributed by atoms with Crippen LogP contribution in [0.4, 0.5) is 4.39 Å². The Bertz CT molecular complexity index is 1340. The van der Waals surface area contributed by atoms with Gasteiger partial charge < -0.3 is 9.30 Å². The van der Waals surface area contributed by atoms with Crippen LogP contribution in [0.1, 0.15) is 47.4 Å². The second-order valence-electron chi connectivity index (χ2n) is 7.94. The molecule has 1 unspecified atom stereocenters. The minimum atomic E-state index is -0.416. The van der Waals surface area contributed by atoms with E-state index in [1.807, 2.05) is 52.7 Å². The van der Waals surface area contributed by atoms with E-state index in [2.05, 4.69) is 15.1 Å². The van der Waals surface area contributed by atoms with E-state index < -0.39 is 5.82 Å². The van der Waals surface area contributed by atoms with Gasteiger partial charge in [0.25, 0.3) is 0 Å². The van der Waals surface area contributed by atoms with Crippen LogP contribution < -0.4 is 4.74 Å². The lowest BCUT2D eigenvalue weighted by Crippen LogP contribution is -2.18. The van der Waals surface area contributed by atoms with Crippen LogP contribution in [0, 0.1) is 12.7 Å². The Morgan fingerprint density at radius 1 is 1.18 bits per heavy atom. The van der Waals surface area contributed by atoms with Gasteiger partial charge in [0.05, 0.1) is 29.8 Å². The second kappa shape index (κ2) is 8.78. The quantitative estimate of drug-likeness (QED) is 0.412. The molecule has 4 aromatic rings. The minimum Gasteiger partial charge on any atom is -0.479 e. The average Bonchev–Trinajstić information content (AvgIpc) is 3.45. The molecule has 0 amide bonds. The van der Waals surface area contributed by atoms with E-state index >= 15 is 0 Å². The number of aryl methyl sites for hydroxylation is 2. The Hall–Kier alpha value is -3.52. The largest absolute Gasteiger partial charge is 0.479 e. The summed E-state index contributed by atoms with van der Waals surface area (Å²) < 4.78 is 23.3. The van der Waals surface area contributed by atoms with Crippen LogP contribution in [0.3, 0.4) is 0 Å². The number of halogens is 2. The minimum absolute atomic E-state index is 0.0173. The molecule has 33 heavy (non-hydrogen) atoms. The summed E-state index contributed by atoms with van der Waals surface area (Å²) in [6.07, 6.45) is 9.15. The van der Waals surface area contributed by atoms with Gasteiger partial charge in [0.15, 0.2) is 5.82 Å². The highest BCUT2D eigenvalue weighted by atomic mass is 35.5. The van der Waals surface area contributed by atoms with Crippen molar-refractivity contribution in [3.05, 3.63) is 82.3 Å². The van der Waals surface area contributed by atoms with Crippen LogP contribution in [-0.4, -0.2) is 36.4 Å². The molecule has 0 spiro atoms. The molecule has 1 aromatic carbocycles. The van der Waals surface area contributed by atoms with Crippen molar-refractivity contribution in [2.45, 2.75) is 32.2 Å². The Labute approximate surface area is 195 Å². The van der Waals surface area contributed by atoms with E-state index in [-0.39, 0.29) is 10.9 Å². The van der Waals surface area contributed by atoms with Crippen LogP contribution in [-0.2, 0) is 6.54 Å². The first-order chi connectivity index (χ1) is 16.0. The summed E-state index contributed by atoms with van der Waals surface area (Å²) in [7, 11) is 1.59. The molecule has 1 aliphatic rings. The molecule has 1 aliphatic heterocycles. The predicted molar refractivity (Wildman–Crippen MR) is 124 cm³/mol. The number of hydrogen-bond acceptors (Lipinski definition) is 5. The molecule has 1 atom stereocenters. The first-order valence-corrected chi connectivity index (χ1v) is 11.0. The fourth-order valence-corrected chi connectivity index (χ4v) is 4.20. The summed E-state index contributed by atoms with van der Waals surface area (Å²) in [6, 6.07) is 8.78. The van der Waals surface area contributed by atoms with Crippen molar-refractivity contribution in [1.82, 2.24) is 29.3 Å². The van der Waals surface area contributed by atoms with Crippen LogP contribution >= 0.6 is 11.6 Å². The molecule has 0 saturated heterocycles. The fraction of sp³-hybridized carbons (Fsp3) is 0.250. The predicted octanol–water partition coefficient (Wildman–Crippen LogP) is 5.06. The summed E-state index contributed by atoms with van der Waals surface area (Å²) in [5.74, 6) is 1.48. The van der Waals surface area contributed by atoms with Gasteiger partial charge in [-0.15, -0.1) is 0 Å². The number of aromatic nitrogens is 6. The molecular weight excluding hydrogens is 443 g/mol. The van der Waals surface area contributed by atoms with E-state index in [1.54, 1.807) is 19.5 Å². The zero-order chi connectivity index (χ0) is 22.9. The molecule has 7 nitrogen and oxygen atoms in total. The van der Waals surface area contributed by atoms with Gasteiger partial charge in [-0.2, -0.15) is 5.10 Å². The molecule has 9 heteroatoms. The summed E-state index contributed by atoms with van der Waals surface area (Å²) in [4.78, 5) is 13.6. The summed E-state index contributed by atoms with van der Waals surface area (Å²) in [6.45, 7) is 2.72. The van der Waals surface area contributed by atoms with Crippen molar-refractivity contribution in [3.63, 3.8) is 0 Å². The fourth-order valence-electron chi connectivity index (χ4n) is 4.08. The van der Waals surface area contributed by atoms with Crippen molar-refractivity contribution in [2.24, 2.45) is 0 Å². The highest BCUT2D eigenvalue weighted by Gasteiger charge is 2.26. The van der Waals surface area contributed by atoms with Gasteiger partial charge in [0.2, 0.25) is 5.88 Å². The lowest BCUT2D eigenvalue weighted by molar-refractivity contribution is 0.395. The third-order valence-corrected chi connectivity index (χ3v) is 5.99. The van der Waals surface area contributed by atoms with Gasteiger partial charge in [-0.1, -0.05) is 17.7 Å². The van der Waals surface area contributed by atoms with Gasteiger partial charge in [-0.3, -0.25) is 0 Å². The molecule has 168 valence electrons. The molecule has 0 radical (unpaired) electrons. The van der Waals surface area contributed by atoms with Gasteiger partial charge >= 0.3 is 0 Å². The van der Waals surface area contributed by atoms with E-state index in [4.69, 9.17) is 21.3 Å². The number of methoxy groups -OCH3 is 1. The molecule has 4 heterocycles. The van der Waals surface area contributed by atoms with Gasteiger partial charge in [-0.05, 0) is 61.7 Å². The molecule has 3 aromatic heterocycles. The van der Waals surface area contributed by atoms with E-state index in [1.165, 1.54) is 6.07 Å². The molecule has 5 rings (SSSR count). The Balaban J connectivity index is 1.41. The highest BCUT2D eigenvalue weighted by Crippen LogP contribution is 2.33. The maximum atomic E-state index is 14.0. The lowest BCUT2D eigenvalue weighted by Gasteiger charge is -2.22. The van der Waals surface area contributed by atoms with E-state index in [0.717, 1.165) is 47.8 Å². The standard InChI is InChI=1S/C24H22ClFN6O/c1-15-13-31(14-27-15)21-9-6-17(28-24(21)33-2)7-10-22-29-23-18(4-3-11-32(23)30-22)16-5-8-19(25)20(26)12-16/h5-10,12-14,18H,3-4,11H2,1-2H3/b10-7+. The van der Waals surface area contributed by atoms with Crippen LogP contribution in [0.25, 0.3) is 17.8 Å². The third kappa shape index (κ3) is 4.26. The number of fused-ring (bicyclic) bond motifs is 1. The molecule has 0 saturated carbocycles. The van der Waals surface area contributed by atoms with Crippen LogP contribution in [0.5, 0.6) is 5.88 Å². The number of benzene rings is 1. The number of nitrogens with zero attached hydrogens (tertiary/aromatic N) is 6. The molecule has 0 bridgehead atoms. The van der Waals surface area contributed by atoms with Crippen molar-refractivity contribution in [3.8, 4) is 11.6 Å². The van der Waals surface area contributed by atoms with Gasteiger partial charge in [0.1, 0.15) is 17.3 Å². The normalized spacial score (nSPS) is 15.7. The Morgan fingerprint density at radius 3 is 2.82 bits per heavy atom. The smallest absolute Gasteiger partial charge is 0.238 e. The maximum absolute atomic E-state index is 14.0. The SMILES string of the molecule is COc1nc(/C=C/c2nc3n(n2)CCCC3c2ccc(Cl)c(F)c2)ccc1-n1cnc(C)c1. The summed E-state index contributed by atoms with van der Waals surface area (Å²) in [5, 5.41) is 4.74. The van der Waals surface area contributed by atoms with Crippen molar-refractivity contribution in [2.75, 3.05) is 7.11 Å². The van der Waals surface area contributed by atoms with Crippen molar-refractivity contribution in [1.29, 1.82) is 0 Å². The molecular formula is C24H22ClFN6O. The maximum Gasteiger partial charge on any atom is 0.238 e. The lowest BCUT2D eigenvalue weighted by atomic mass is 9.91. The summed E-state index contributed by atoms with van der Waals surface area (Å²) in [5.41, 5.74) is 3.30. The molecule has 0 fully saturated rings. The van der Waals surface area contributed by atoms with Crippen molar-refractivity contribution >= 4 is 23.8 Å². The van der Waals surface area contributed by atoms with Gasteiger partial charge in [-0.25, -0.2) is 24.0 Å². The highest BCUT2D eigenvalue weighted by molar-refractivity contribution is 6.30. The molecule has 0 aliphatic carbocycles. The monoisotopic (exact) mass is 464 g/mol. The zero-order valence-corrected chi connectivity index (χ0v) is 19.0. The number of hydrogen-bond donors (Lipinski definition) is 0. The Morgan fingerprint density at radius 2 is 2.06 bits per heavy atom. The van der Waals surface area contributed by atoms with Crippen LogP contribution in [0.15, 0.2) is 42.9 Å². The second-order valence-corrected chi connectivity index (χ2v) is 8.35. The zero-order valence-electron chi connectivity index (χ0n) is 18.2. The number of rotatable bonds is 5. The molecule has 0 N–H and O–H groups in total. The van der Waals surface area contributed by atoms with E-state index in [0.29, 0.717) is 11.7 Å². The summed E-state index contributed by atoms with van der Waals surface area (Å²) >= 11 is 5.85. The number of pyridine rings is 1. The third-order valence-electron chi connectivity index (χ3n) is 5.69. The van der Waals surface area contributed by atoms with Gasteiger partial charge in [0, 0.05) is 18.7 Å². The van der Waals surface area contributed by atoms with E-state index in [9.17, 15) is 4.39 Å². The van der Waals surface area contributed by atoms with Crippen molar-refractivity contribution < 1.29 is 9.13 Å².